The van der Waals surface area contributed by atoms with Crippen molar-refractivity contribution in [2.75, 3.05) is 6.61 Å². The summed E-state index contributed by atoms with van der Waals surface area (Å²) in [6.07, 6.45) is 2.35. The van der Waals surface area contributed by atoms with Crippen LogP contribution in [0.5, 0.6) is 0 Å². The van der Waals surface area contributed by atoms with Crippen LogP contribution in [0.1, 0.15) is 21.9 Å². The molecule has 1 atom stereocenters. The maximum atomic E-state index is 12.9. The summed E-state index contributed by atoms with van der Waals surface area (Å²) in [5, 5.41) is 10.7. The Hall–Kier alpha value is -2.73. The Kier molecular flexibility index (Phi) is 3.54. The zero-order valence-corrected chi connectivity index (χ0v) is 13.4. The average molecular weight is 322 g/mol. The summed E-state index contributed by atoms with van der Waals surface area (Å²) in [6.45, 7) is 0.318. The fraction of sp³-hybridized carbons (Fsp3) is 0.278. The summed E-state index contributed by atoms with van der Waals surface area (Å²) in [5.41, 5.74) is 3.15. The third kappa shape index (κ3) is 2.35. The van der Waals surface area contributed by atoms with E-state index in [-0.39, 0.29) is 18.6 Å². The number of hydrogen-bond acceptors (Lipinski definition) is 4. The Balaban J connectivity index is 1.69. The highest BCUT2D eigenvalue weighted by Crippen LogP contribution is 2.24. The van der Waals surface area contributed by atoms with Crippen LogP contribution < -0.4 is 0 Å². The molecule has 24 heavy (non-hydrogen) atoms. The molecule has 0 saturated carbocycles. The van der Waals surface area contributed by atoms with Gasteiger partial charge in [0.2, 0.25) is 0 Å². The molecule has 4 rings (SSSR count). The number of hydrogen-bond donors (Lipinski definition) is 1. The number of nitrogens with zero attached hydrogens (tertiary/aromatic N) is 4. The molecule has 1 aromatic carbocycles. The second-order valence-corrected chi connectivity index (χ2v) is 6.11. The molecular weight excluding hydrogens is 304 g/mol. The summed E-state index contributed by atoms with van der Waals surface area (Å²) >= 11 is 0. The van der Waals surface area contributed by atoms with Gasteiger partial charge < -0.3 is 14.6 Å². The van der Waals surface area contributed by atoms with Crippen LogP contribution in [0.25, 0.3) is 10.9 Å². The van der Waals surface area contributed by atoms with Crippen molar-refractivity contribution in [2.24, 2.45) is 7.05 Å². The number of rotatable bonds is 2. The lowest BCUT2D eigenvalue weighted by atomic mass is 10.0. The highest BCUT2D eigenvalue weighted by atomic mass is 16.3. The lowest BCUT2D eigenvalue weighted by molar-refractivity contribution is 0.0530. The van der Waals surface area contributed by atoms with Gasteiger partial charge >= 0.3 is 0 Å². The Labute approximate surface area is 139 Å². The minimum Gasteiger partial charge on any atom is -0.394 e. The van der Waals surface area contributed by atoms with E-state index in [9.17, 15) is 9.90 Å². The molecule has 0 spiro atoms. The van der Waals surface area contributed by atoms with Crippen LogP contribution in [0.15, 0.2) is 42.7 Å². The topological polar surface area (TPSA) is 71.2 Å². The first kappa shape index (κ1) is 14.8. The number of pyridine rings is 1. The largest absolute Gasteiger partial charge is 0.394 e. The lowest BCUT2D eigenvalue weighted by Crippen LogP contribution is -2.46. The van der Waals surface area contributed by atoms with Gasteiger partial charge in [-0.25, -0.2) is 9.97 Å². The third-order valence-corrected chi connectivity index (χ3v) is 4.62. The van der Waals surface area contributed by atoms with Crippen LogP contribution in [-0.4, -0.2) is 43.1 Å². The third-order valence-electron chi connectivity index (χ3n) is 4.62. The van der Waals surface area contributed by atoms with Gasteiger partial charge in [-0.1, -0.05) is 24.3 Å². The van der Waals surface area contributed by atoms with Crippen molar-refractivity contribution < 1.29 is 9.90 Å². The van der Waals surface area contributed by atoms with Crippen molar-refractivity contribution in [1.29, 1.82) is 0 Å². The van der Waals surface area contributed by atoms with Crippen LogP contribution in [-0.2, 0) is 20.0 Å². The summed E-state index contributed by atoms with van der Waals surface area (Å²) in [4.78, 5) is 23.5. The quantitative estimate of drug-likeness (QED) is 0.777. The number of imidazole rings is 1. The monoisotopic (exact) mass is 322 g/mol. The fourth-order valence-corrected chi connectivity index (χ4v) is 3.25. The van der Waals surface area contributed by atoms with E-state index in [0.717, 1.165) is 22.3 Å². The molecular formula is C18H18N4O2. The van der Waals surface area contributed by atoms with E-state index in [1.165, 1.54) is 0 Å². The Morgan fingerprint density at radius 2 is 2.12 bits per heavy atom. The average Bonchev–Trinajstić information content (AvgIpc) is 2.99. The molecule has 0 fully saturated rings. The molecule has 2 aromatic heterocycles. The summed E-state index contributed by atoms with van der Waals surface area (Å²) in [5.74, 6) is -0.170. The molecule has 6 heteroatoms. The van der Waals surface area contributed by atoms with Crippen LogP contribution in [0, 0.1) is 0 Å². The minimum absolute atomic E-state index is 0.0794. The van der Waals surface area contributed by atoms with Gasteiger partial charge in [0.25, 0.3) is 5.91 Å². The zero-order valence-electron chi connectivity index (χ0n) is 13.4. The Bertz CT molecular complexity index is 918. The van der Waals surface area contributed by atoms with Gasteiger partial charge in [0, 0.05) is 24.5 Å². The predicted molar refractivity (Wildman–Crippen MR) is 89.4 cm³/mol. The number of aromatic nitrogens is 3. The smallest absolute Gasteiger partial charge is 0.273 e. The summed E-state index contributed by atoms with van der Waals surface area (Å²) in [7, 11) is 1.93. The Morgan fingerprint density at radius 3 is 2.96 bits per heavy atom. The molecule has 0 unspecified atom stereocenters. The number of aliphatic hydroxyl groups excluding tert-OH is 1. The number of carbonyl (C=O) groups excluding carboxylic acids is 1. The molecule has 0 saturated heterocycles. The minimum atomic E-state index is -0.256. The predicted octanol–water partition coefficient (Wildman–Crippen LogP) is 1.53. The van der Waals surface area contributed by atoms with E-state index in [0.29, 0.717) is 18.7 Å². The lowest BCUT2D eigenvalue weighted by Gasteiger charge is -2.34. The van der Waals surface area contributed by atoms with Crippen molar-refractivity contribution in [3.8, 4) is 0 Å². The first-order valence-corrected chi connectivity index (χ1v) is 7.94. The molecule has 3 aromatic rings. The molecule has 1 N–H and O–H groups in total. The summed E-state index contributed by atoms with van der Waals surface area (Å²) in [6, 6.07) is 11.1. The van der Waals surface area contributed by atoms with Gasteiger partial charge in [-0.05, 0) is 12.1 Å². The molecule has 1 aliphatic rings. The van der Waals surface area contributed by atoms with E-state index < -0.39 is 0 Å². The van der Waals surface area contributed by atoms with Gasteiger partial charge in [0.15, 0.2) is 0 Å². The van der Waals surface area contributed by atoms with Gasteiger partial charge in [-0.3, -0.25) is 4.79 Å². The van der Waals surface area contributed by atoms with E-state index >= 15 is 0 Å². The maximum absolute atomic E-state index is 12.9. The normalized spacial score (nSPS) is 17.1. The second-order valence-electron chi connectivity index (χ2n) is 6.11. The van der Waals surface area contributed by atoms with E-state index in [1.807, 2.05) is 41.9 Å². The van der Waals surface area contributed by atoms with Crippen molar-refractivity contribution in [3.05, 3.63) is 59.8 Å². The van der Waals surface area contributed by atoms with Crippen molar-refractivity contribution in [3.63, 3.8) is 0 Å². The number of aliphatic hydroxyl groups is 1. The fourth-order valence-electron chi connectivity index (χ4n) is 3.25. The van der Waals surface area contributed by atoms with Crippen LogP contribution in [0.4, 0.5) is 0 Å². The standard InChI is InChI=1S/C18H18N4O2/c1-21-11-19-16-9-22(13(10-23)8-17(16)21)18(24)15-7-6-12-4-2-3-5-14(12)20-15/h2-7,11,13,23H,8-10H2,1H3/t13-/m1/s1. The molecule has 122 valence electrons. The van der Waals surface area contributed by atoms with Crippen LogP contribution >= 0.6 is 0 Å². The SMILES string of the molecule is Cn1cnc2c1C[C@H](CO)N(C(=O)c1ccc3ccccc3n1)C2. The summed E-state index contributed by atoms with van der Waals surface area (Å²) < 4.78 is 1.95. The van der Waals surface area contributed by atoms with Gasteiger partial charge in [0.05, 0.1) is 36.7 Å². The van der Waals surface area contributed by atoms with Crippen molar-refractivity contribution >= 4 is 16.8 Å². The van der Waals surface area contributed by atoms with Gasteiger partial charge in [-0.15, -0.1) is 0 Å². The molecule has 0 radical (unpaired) electrons. The number of amides is 1. The molecule has 1 amide bonds. The molecule has 0 bridgehead atoms. The number of fused-ring (bicyclic) bond motifs is 2. The number of para-hydroxylation sites is 1. The first-order chi connectivity index (χ1) is 11.7. The van der Waals surface area contributed by atoms with E-state index in [1.54, 1.807) is 17.3 Å². The number of carbonyl (C=O) groups is 1. The molecule has 1 aliphatic heterocycles. The van der Waals surface area contributed by atoms with Crippen LogP contribution in [0.3, 0.4) is 0 Å². The maximum Gasteiger partial charge on any atom is 0.273 e. The van der Waals surface area contributed by atoms with Crippen LogP contribution in [0.2, 0.25) is 0 Å². The van der Waals surface area contributed by atoms with E-state index in [2.05, 4.69) is 9.97 Å². The Morgan fingerprint density at radius 1 is 1.29 bits per heavy atom. The molecule has 3 heterocycles. The highest BCUT2D eigenvalue weighted by molar-refractivity contribution is 5.95. The molecule has 0 aliphatic carbocycles. The van der Waals surface area contributed by atoms with Crippen molar-refractivity contribution in [1.82, 2.24) is 19.4 Å². The number of benzene rings is 1. The first-order valence-electron chi connectivity index (χ1n) is 7.94. The van der Waals surface area contributed by atoms with E-state index in [4.69, 9.17) is 0 Å². The van der Waals surface area contributed by atoms with Crippen molar-refractivity contribution in [2.45, 2.75) is 19.0 Å². The highest BCUT2D eigenvalue weighted by Gasteiger charge is 2.32. The zero-order chi connectivity index (χ0) is 16.7. The van der Waals surface area contributed by atoms with Gasteiger partial charge in [-0.2, -0.15) is 0 Å². The van der Waals surface area contributed by atoms with Gasteiger partial charge in [0.1, 0.15) is 5.69 Å². The molecule has 6 nitrogen and oxygen atoms in total. The number of aryl methyl sites for hydroxylation is 1. The second kappa shape index (κ2) is 5.72.